The molecule has 3 fully saturated rings. The van der Waals surface area contributed by atoms with E-state index in [1.807, 2.05) is 13.8 Å². The fourth-order valence-corrected chi connectivity index (χ4v) is 2.06. The molecular weight excluding hydrogens is 152 g/mol. The summed E-state index contributed by atoms with van der Waals surface area (Å²) in [5.41, 5.74) is 0.131. The fraction of sp³-hybridized carbons (Fsp3) is 0.889. The van der Waals surface area contributed by atoms with Crippen LogP contribution in [0.3, 0.4) is 0 Å². The highest BCUT2D eigenvalue weighted by atomic mass is 16.2. The average Bonchev–Trinajstić information content (AvgIpc) is 2.44. The molecule has 3 nitrogen and oxygen atoms in total. The molecule has 0 aromatic rings. The van der Waals surface area contributed by atoms with Gasteiger partial charge >= 0.3 is 0 Å². The van der Waals surface area contributed by atoms with Crippen molar-refractivity contribution in [2.24, 2.45) is 5.92 Å². The molecule has 68 valence electrons. The van der Waals surface area contributed by atoms with Crippen LogP contribution < -0.4 is 10.6 Å². The number of rotatable bonds is 2. The third-order valence-corrected chi connectivity index (χ3v) is 2.92. The SMILES string of the molecule is CC(C)C(=O)NC12CNC(C1)C2. The monoisotopic (exact) mass is 168 g/mol. The number of nitrogens with one attached hydrogen (secondary N) is 2. The van der Waals surface area contributed by atoms with Crippen molar-refractivity contribution in [2.45, 2.75) is 38.3 Å². The van der Waals surface area contributed by atoms with Crippen LogP contribution in [0.1, 0.15) is 26.7 Å². The van der Waals surface area contributed by atoms with Gasteiger partial charge in [-0.2, -0.15) is 0 Å². The van der Waals surface area contributed by atoms with E-state index in [1.165, 1.54) is 0 Å². The molecule has 3 aliphatic rings. The van der Waals surface area contributed by atoms with E-state index < -0.39 is 0 Å². The molecule has 3 rings (SSSR count). The molecule has 3 heteroatoms. The van der Waals surface area contributed by atoms with E-state index in [4.69, 9.17) is 0 Å². The molecule has 1 saturated carbocycles. The lowest BCUT2D eigenvalue weighted by atomic mass is 9.78. The number of hydrogen-bond acceptors (Lipinski definition) is 2. The highest BCUT2D eigenvalue weighted by molar-refractivity contribution is 5.79. The first-order valence-corrected chi connectivity index (χ1v) is 4.67. The zero-order valence-corrected chi connectivity index (χ0v) is 7.68. The van der Waals surface area contributed by atoms with Crippen LogP contribution in [-0.2, 0) is 4.79 Å². The second kappa shape index (κ2) is 2.46. The van der Waals surface area contributed by atoms with E-state index in [1.54, 1.807) is 0 Å². The molecule has 2 heterocycles. The molecule has 0 unspecified atom stereocenters. The Morgan fingerprint density at radius 1 is 1.58 bits per heavy atom. The van der Waals surface area contributed by atoms with Crippen LogP contribution >= 0.6 is 0 Å². The van der Waals surface area contributed by atoms with Crippen molar-refractivity contribution in [3.8, 4) is 0 Å². The van der Waals surface area contributed by atoms with Crippen molar-refractivity contribution in [2.75, 3.05) is 6.54 Å². The molecule has 0 atom stereocenters. The average molecular weight is 168 g/mol. The molecule has 0 aromatic carbocycles. The first kappa shape index (κ1) is 8.05. The smallest absolute Gasteiger partial charge is 0.223 e. The van der Waals surface area contributed by atoms with Crippen molar-refractivity contribution >= 4 is 5.91 Å². The largest absolute Gasteiger partial charge is 0.349 e. The van der Waals surface area contributed by atoms with Gasteiger partial charge in [0, 0.05) is 18.5 Å². The van der Waals surface area contributed by atoms with Crippen molar-refractivity contribution in [3.63, 3.8) is 0 Å². The van der Waals surface area contributed by atoms with Crippen molar-refractivity contribution in [1.29, 1.82) is 0 Å². The number of carbonyl (C=O) groups excluding carboxylic acids is 1. The van der Waals surface area contributed by atoms with Gasteiger partial charge in [0.25, 0.3) is 0 Å². The Hall–Kier alpha value is -0.570. The molecule has 2 aliphatic heterocycles. The van der Waals surface area contributed by atoms with Gasteiger partial charge in [-0.05, 0) is 12.8 Å². The lowest BCUT2D eigenvalue weighted by Crippen LogP contribution is -2.55. The zero-order chi connectivity index (χ0) is 8.77. The van der Waals surface area contributed by atoms with Crippen LogP contribution in [0.15, 0.2) is 0 Å². The Bertz CT molecular complexity index is 201. The van der Waals surface area contributed by atoms with Gasteiger partial charge in [0.05, 0.1) is 5.54 Å². The summed E-state index contributed by atoms with van der Waals surface area (Å²) in [7, 11) is 0. The number of hydrogen-bond donors (Lipinski definition) is 2. The second-order valence-electron chi connectivity index (χ2n) is 4.41. The lowest BCUT2D eigenvalue weighted by molar-refractivity contribution is -0.126. The highest BCUT2D eigenvalue weighted by Gasteiger charge is 2.51. The predicted octanol–water partition coefficient (Wildman–Crippen LogP) is 0.263. The van der Waals surface area contributed by atoms with Crippen LogP contribution in [0, 0.1) is 5.92 Å². The summed E-state index contributed by atoms with van der Waals surface area (Å²) >= 11 is 0. The van der Waals surface area contributed by atoms with Crippen LogP contribution in [0.4, 0.5) is 0 Å². The Morgan fingerprint density at radius 3 is 2.67 bits per heavy atom. The minimum absolute atomic E-state index is 0.110. The molecule has 1 aliphatic carbocycles. The van der Waals surface area contributed by atoms with Crippen molar-refractivity contribution in [1.82, 2.24) is 10.6 Å². The van der Waals surface area contributed by atoms with Crippen LogP contribution in [0.25, 0.3) is 0 Å². The number of fused-ring (bicyclic) bond motifs is 1. The normalized spacial score (nSPS) is 38.1. The topological polar surface area (TPSA) is 41.1 Å². The van der Waals surface area contributed by atoms with Gasteiger partial charge in [0.15, 0.2) is 0 Å². The summed E-state index contributed by atoms with van der Waals surface area (Å²) in [5, 5.41) is 6.48. The van der Waals surface area contributed by atoms with E-state index in [0.717, 1.165) is 19.4 Å². The Morgan fingerprint density at radius 2 is 2.25 bits per heavy atom. The molecule has 1 amide bonds. The van der Waals surface area contributed by atoms with E-state index in [-0.39, 0.29) is 17.4 Å². The molecule has 0 spiro atoms. The molecular formula is C9H16N2O. The molecule has 12 heavy (non-hydrogen) atoms. The summed E-state index contributed by atoms with van der Waals surface area (Å²) in [6.07, 6.45) is 2.26. The first-order chi connectivity index (χ1) is 5.61. The van der Waals surface area contributed by atoms with Gasteiger partial charge in [-0.15, -0.1) is 0 Å². The van der Waals surface area contributed by atoms with E-state index in [0.29, 0.717) is 6.04 Å². The van der Waals surface area contributed by atoms with Crippen LogP contribution in [-0.4, -0.2) is 24.0 Å². The van der Waals surface area contributed by atoms with Gasteiger partial charge in [0.2, 0.25) is 5.91 Å². The standard InChI is InChI=1S/C9H16N2O/c1-6(2)8(12)11-9-3-7(4-9)10-5-9/h6-7,10H,3-5H2,1-2H3,(H,11,12). The van der Waals surface area contributed by atoms with Crippen LogP contribution in [0.2, 0.25) is 0 Å². The fourth-order valence-electron chi connectivity index (χ4n) is 2.06. The van der Waals surface area contributed by atoms with E-state index in [2.05, 4.69) is 10.6 Å². The Labute approximate surface area is 72.9 Å². The molecule has 2 bridgehead atoms. The molecule has 0 aromatic heterocycles. The van der Waals surface area contributed by atoms with Gasteiger partial charge in [-0.3, -0.25) is 4.79 Å². The molecule has 0 radical (unpaired) electrons. The quantitative estimate of drug-likeness (QED) is 0.621. The molecule has 2 saturated heterocycles. The lowest BCUT2D eigenvalue weighted by Gasteiger charge is -2.38. The first-order valence-electron chi connectivity index (χ1n) is 4.67. The van der Waals surface area contributed by atoms with Gasteiger partial charge in [-0.25, -0.2) is 0 Å². The maximum Gasteiger partial charge on any atom is 0.223 e. The Kier molecular flexibility index (Phi) is 1.65. The third kappa shape index (κ3) is 1.12. The number of carbonyl (C=O) groups is 1. The minimum atomic E-state index is 0.110. The third-order valence-electron chi connectivity index (χ3n) is 2.92. The maximum absolute atomic E-state index is 11.4. The number of amides is 1. The summed E-state index contributed by atoms with van der Waals surface area (Å²) in [6, 6.07) is 0.678. The summed E-state index contributed by atoms with van der Waals surface area (Å²) in [4.78, 5) is 11.4. The second-order valence-corrected chi connectivity index (χ2v) is 4.41. The van der Waals surface area contributed by atoms with E-state index >= 15 is 0 Å². The summed E-state index contributed by atoms with van der Waals surface area (Å²) < 4.78 is 0. The van der Waals surface area contributed by atoms with Crippen molar-refractivity contribution < 1.29 is 4.79 Å². The highest BCUT2D eigenvalue weighted by Crippen LogP contribution is 2.37. The van der Waals surface area contributed by atoms with Gasteiger partial charge < -0.3 is 10.6 Å². The van der Waals surface area contributed by atoms with Crippen molar-refractivity contribution in [3.05, 3.63) is 0 Å². The molecule has 2 N–H and O–H groups in total. The summed E-state index contributed by atoms with van der Waals surface area (Å²) in [5.74, 6) is 0.302. The summed E-state index contributed by atoms with van der Waals surface area (Å²) in [6.45, 7) is 4.84. The zero-order valence-electron chi connectivity index (χ0n) is 7.68. The van der Waals surface area contributed by atoms with E-state index in [9.17, 15) is 4.79 Å². The predicted molar refractivity (Wildman–Crippen MR) is 46.7 cm³/mol. The Balaban J connectivity index is 1.91. The van der Waals surface area contributed by atoms with Gasteiger partial charge in [-0.1, -0.05) is 13.8 Å². The van der Waals surface area contributed by atoms with Gasteiger partial charge in [0.1, 0.15) is 0 Å². The minimum Gasteiger partial charge on any atom is -0.349 e. The van der Waals surface area contributed by atoms with Crippen LogP contribution in [0.5, 0.6) is 0 Å². The maximum atomic E-state index is 11.4.